The van der Waals surface area contributed by atoms with Crippen molar-refractivity contribution in [3.8, 4) is 0 Å². The van der Waals surface area contributed by atoms with Gasteiger partial charge in [-0.1, -0.05) is 30.3 Å². The Labute approximate surface area is 206 Å². The third kappa shape index (κ3) is 3.29. The van der Waals surface area contributed by atoms with Gasteiger partial charge in [0, 0.05) is 23.0 Å². The monoisotopic (exact) mass is 483 g/mol. The fraction of sp³-hybridized carbons (Fsp3) is 0.179. The number of H-pyrrole nitrogens is 1. The smallest absolute Gasteiger partial charge is 0.338 e. The van der Waals surface area contributed by atoms with Crippen molar-refractivity contribution >= 4 is 34.5 Å². The maximum Gasteiger partial charge on any atom is 0.338 e. The van der Waals surface area contributed by atoms with Gasteiger partial charge < -0.3 is 9.72 Å². The second-order valence-corrected chi connectivity index (χ2v) is 8.87. The van der Waals surface area contributed by atoms with E-state index in [9.17, 15) is 18.8 Å². The number of hydrogen-bond donors (Lipinski definition) is 1. The van der Waals surface area contributed by atoms with Crippen molar-refractivity contribution in [2.75, 3.05) is 11.5 Å². The van der Waals surface area contributed by atoms with E-state index in [4.69, 9.17) is 4.74 Å². The van der Waals surface area contributed by atoms with Crippen LogP contribution in [-0.2, 0) is 16.0 Å². The summed E-state index contributed by atoms with van der Waals surface area (Å²) in [5, 5.41) is 0.997. The molecule has 3 amide bonds. The van der Waals surface area contributed by atoms with Crippen LogP contribution in [0.5, 0.6) is 0 Å². The molecule has 1 aromatic heterocycles. The zero-order chi connectivity index (χ0) is 25.0. The van der Waals surface area contributed by atoms with Crippen molar-refractivity contribution in [2.24, 2.45) is 0 Å². The number of benzene rings is 3. The third-order valence-electron chi connectivity index (χ3n) is 6.87. The van der Waals surface area contributed by atoms with Crippen LogP contribution in [0.4, 0.5) is 14.9 Å². The molecular formula is C28H22FN3O4. The molecule has 1 saturated heterocycles. The molecule has 7 nitrogen and oxygen atoms in total. The highest BCUT2D eigenvalue weighted by atomic mass is 19.1. The normalized spacial score (nSPS) is 18.9. The number of carbonyl (C=O) groups excluding carboxylic acids is 3. The number of nitrogens with one attached hydrogen (secondary N) is 1. The van der Waals surface area contributed by atoms with Gasteiger partial charge in [0.15, 0.2) is 0 Å². The van der Waals surface area contributed by atoms with Gasteiger partial charge >= 0.3 is 12.0 Å². The molecule has 36 heavy (non-hydrogen) atoms. The molecule has 0 aliphatic carbocycles. The van der Waals surface area contributed by atoms with Crippen molar-refractivity contribution in [1.82, 2.24) is 9.88 Å². The molecule has 3 aromatic carbocycles. The highest BCUT2D eigenvalue weighted by Gasteiger charge is 2.53. The molecule has 0 radical (unpaired) electrons. The molecule has 180 valence electrons. The fourth-order valence-corrected chi connectivity index (χ4v) is 5.26. The Morgan fingerprint density at radius 1 is 1.03 bits per heavy atom. The van der Waals surface area contributed by atoms with E-state index < -0.39 is 24.1 Å². The SMILES string of the molecule is CCOC(=O)c1ccc(N2C(=O)[C@H]3Cc4c([nH]c5ccccc45)[C@@H](c4ccc(F)cc4)N3C2=O)cc1. The molecule has 1 N–H and O–H groups in total. The summed E-state index contributed by atoms with van der Waals surface area (Å²) < 4.78 is 18.8. The Kier molecular flexibility index (Phi) is 5.10. The molecule has 8 heteroatoms. The van der Waals surface area contributed by atoms with Gasteiger partial charge in [-0.3, -0.25) is 9.69 Å². The first-order chi connectivity index (χ1) is 17.5. The van der Waals surface area contributed by atoms with E-state index in [1.807, 2.05) is 24.3 Å². The minimum absolute atomic E-state index is 0.250. The Bertz CT molecular complexity index is 1510. The lowest BCUT2D eigenvalue weighted by atomic mass is 9.89. The van der Waals surface area contributed by atoms with Gasteiger partial charge in [-0.05, 0) is 60.5 Å². The van der Waals surface area contributed by atoms with Gasteiger partial charge in [0.1, 0.15) is 17.9 Å². The van der Waals surface area contributed by atoms with E-state index >= 15 is 0 Å². The zero-order valence-corrected chi connectivity index (χ0v) is 19.4. The van der Waals surface area contributed by atoms with E-state index in [1.54, 1.807) is 48.2 Å². The summed E-state index contributed by atoms with van der Waals surface area (Å²) in [7, 11) is 0. The van der Waals surface area contributed by atoms with Gasteiger partial charge in [0.2, 0.25) is 0 Å². The Hall–Kier alpha value is -4.46. The summed E-state index contributed by atoms with van der Waals surface area (Å²) in [6.07, 6.45) is 0.360. The predicted molar refractivity (Wildman–Crippen MR) is 131 cm³/mol. The van der Waals surface area contributed by atoms with Crippen LogP contribution in [0.3, 0.4) is 0 Å². The first-order valence-corrected chi connectivity index (χ1v) is 11.8. The van der Waals surface area contributed by atoms with Crippen LogP contribution >= 0.6 is 0 Å². The summed E-state index contributed by atoms with van der Waals surface area (Å²) in [5.74, 6) is -1.19. The minimum Gasteiger partial charge on any atom is -0.462 e. The molecule has 6 rings (SSSR count). The Morgan fingerprint density at radius 2 is 1.75 bits per heavy atom. The first-order valence-electron chi connectivity index (χ1n) is 11.8. The van der Waals surface area contributed by atoms with E-state index in [1.165, 1.54) is 12.1 Å². The Morgan fingerprint density at radius 3 is 2.47 bits per heavy atom. The molecule has 0 bridgehead atoms. The number of carbonyl (C=O) groups is 3. The van der Waals surface area contributed by atoms with E-state index in [2.05, 4.69) is 4.98 Å². The maximum atomic E-state index is 13.8. The van der Waals surface area contributed by atoms with Gasteiger partial charge in [-0.25, -0.2) is 18.9 Å². The number of fused-ring (bicyclic) bond motifs is 4. The molecule has 0 saturated carbocycles. The lowest BCUT2D eigenvalue weighted by Crippen LogP contribution is -2.44. The highest BCUT2D eigenvalue weighted by Crippen LogP contribution is 2.44. The predicted octanol–water partition coefficient (Wildman–Crippen LogP) is 4.97. The number of ether oxygens (including phenoxy) is 1. The van der Waals surface area contributed by atoms with Crippen LogP contribution in [0, 0.1) is 5.82 Å². The standard InChI is InChI=1S/C28H22FN3O4/c1-2-36-27(34)17-9-13-19(14-10-17)31-26(33)23-15-21-20-5-3-4-6-22(20)30-24(21)25(32(23)28(31)35)16-7-11-18(29)12-8-16/h3-14,23,25,30H,2,15H2,1H3/t23-,25-/m1/s1. The summed E-state index contributed by atoms with van der Waals surface area (Å²) in [6, 6.07) is 18.3. The number of esters is 1. The van der Waals surface area contributed by atoms with Crippen LogP contribution in [-0.4, -0.2) is 40.4 Å². The third-order valence-corrected chi connectivity index (χ3v) is 6.87. The van der Waals surface area contributed by atoms with E-state index in [0.29, 0.717) is 23.2 Å². The van der Waals surface area contributed by atoms with Crippen LogP contribution in [0.15, 0.2) is 72.8 Å². The van der Waals surface area contributed by atoms with Crippen molar-refractivity contribution < 1.29 is 23.5 Å². The number of aromatic amines is 1. The second kappa shape index (κ2) is 8.34. The number of hydrogen-bond acceptors (Lipinski definition) is 4. The molecule has 4 aromatic rings. The highest BCUT2D eigenvalue weighted by molar-refractivity contribution is 6.22. The minimum atomic E-state index is -0.719. The average Bonchev–Trinajstić information content (AvgIpc) is 3.38. The lowest BCUT2D eigenvalue weighted by molar-refractivity contribution is -0.120. The Balaban J connectivity index is 1.44. The number of aromatic nitrogens is 1. The van der Waals surface area contributed by atoms with Gasteiger partial charge in [-0.15, -0.1) is 0 Å². The lowest BCUT2D eigenvalue weighted by Gasteiger charge is -2.36. The van der Waals surface area contributed by atoms with E-state index in [0.717, 1.165) is 27.1 Å². The molecule has 1 fully saturated rings. The van der Waals surface area contributed by atoms with Gasteiger partial charge in [0.05, 0.1) is 17.9 Å². The van der Waals surface area contributed by atoms with Gasteiger partial charge in [0.25, 0.3) is 5.91 Å². The van der Waals surface area contributed by atoms with Crippen LogP contribution in [0.25, 0.3) is 10.9 Å². The molecular weight excluding hydrogens is 461 g/mol. The first kappa shape index (κ1) is 22.0. The van der Waals surface area contributed by atoms with Crippen molar-refractivity contribution in [3.05, 3.63) is 101 Å². The number of para-hydroxylation sites is 1. The molecule has 3 heterocycles. The molecule has 2 aliphatic rings. The average molecular weight is 483 g/mol. The quantitative estimate of drug-likeness (QED) is 0.328. The summed E-state index contributed by atoms with van der Waals surface area (Å²) in [6.45, 7) is 1.97. The number of amides is 3. The number of nitrogens with zero attached hydrogens (tertiary/aromatic N) is 2. The van der Waals surface area contributed by atoms with Crippen LogP contribution < -0.4 is 4.90 Å². The van der Waals surface area contributed by atoms with Crippen LogP contribution in [0.2, 0.25) is 0 Å². The largest absolute Gasteiger partial charge is 0.462 e. The topological polar surface area (TPSA) is 82.7 Å². The molecule has 2 aliphatic heterocycles. The van der Waals surface area contributed by atoms with Crippen molar-refractivity contribution in [1.29, 1.82) is 0 Å². The number of anilines is 1. The van der Waals surface area contributed by atoms with E-state index in [-0.39, 0.29) is 18.3 Å². The summed E-state index contributed by atoms with van der Waals surface area (Å²) >= 11 is 0. The second-order valence-electron chi connectivity index (χ2n) is 8.87. The fourth-order valence-electron chi connectivity index (χ4n) is 5.26. The van der Waals surface area contributed by atoms with Crippen molar-refractivity contribution in [2.45, 2.75) is 25.4 Å². The number of imide groups is 1. The zero-order valence-electron chi connectivity index (χ0n) is 19.4. The maximum absolute atomic E-state index is 13.8. The number of halogens is 1. The summed E-state index contributed by atoms with van der Waals surface area (Å²) in [4.78, 5) is 45.7. The van der Waals surface area contributed by atoms with Crippen LogP contribution in [0.1, 0.15) is 40.1 Å². The summed E-state index contributed by atoms with van der Waals surface area (Å²) in [5.41, 5.74) is 4.13. The number of rotatable bonds is 4. The molecule has 0 spiro atoms. The molecule has 0 unspecified atom stereocenters. The molecule has 2 atom stereocenters. The van der Waals surface area contributed by atoms with Crippen molar-refractivity contribution in [3.63, 3.8) is 0 Å². The number of urea groups is 1. The van der Waals surface area contributed by atoms with Gasteiger partial charge in [-0.2, -0.15) is 0 Å².